The molecule has 5 rings (SSSR count). The average molecular weight is 411 g/mol. The van der Waals surface area contributed by atoms with Gasteiger partial charge >= 0.3 is 0 Å². The minimum absolute atomic E-state index is 0.308. The molecule has 30 heavy (non-hydrogen) atoms. The maximum atomic E-state index is 10.9. The number of nitrogens with zero attached hydrogens (tertiary/aromatic N) is 4. The second-order valence-corrected chi connectivity index (χ2v) is 8.68. The fourth-order valence-corrected chi connectivity index (χ4v) is 4.84. The Morgan fingerprint density at radius 2 is 1.67 bits per heavy atom. The highest BCUT2D eigenvalue weighted by Crippen LogP contribution is 2.37. The van der Waals surface area contributed by atoms with Crippen LogP contribution in [0.3, 0.4) is 0 Å². The second kappa shape index (κ2) is 8.04. The van der Waals surface area contributed by atoms with Gasteiger partial charge in [-0.2, -0.15) is 0 Å². The van der Waals surface area contributed by atoms with Gasteiger partial charge in [-0.05, 0) is 37.5 Å². The molecule has 3 heterocycles. The number of rotatable bonds is 4. The standard InChI is InChI=1S/C23H30N4O3/c1-17(18-5-6-20-21(13-18)30-16-29-20)26-9-11-27(12-10-26)22-24-14-19(15-25-22)23(28)7-3-2-4-8-23/h5-6,13-15,17,28H,2-4,7-12,16H2,1H3. The maximum Gasteiger partial charge on any atom is 0.231 e. The predicted octanol–water partition coefficient (Wildman–Crippen LogP) is 3.24. The third-order valence-electron chi connectivity index (χ3n) is 6.88. The fraction of sp³-hybridized carbons (Fsp3) is 0.565. The molecular formula is C23H30N4O3. The molecule has 7 nitrogen and oxygen atoms in total. The summed E-state index contributed by atoms with van der Waals surface area (Å²) in [6.07, 6.45) is 8.63. The molecule has 1 N–H and O–H groups in total. The summed E-state index contributed by atoms with van der Waals surface area (Å²) in [6, 6.07) is 6.53. The minimum atomic E-state index is -0.741. The van der Waals surface area contributed by atoms with Crippen molar-refractivity contribution in [3.63, 3.8) is 0 Å². The van der Waals surface area contributed by atoms with Crippen molar-refractivity contribution < 1.29 is 14.6 Å². The van der Waals surface area contributed by atoms with E-state index in [-0.39, 0.29) is 0 Å². The Bertz CT molecular complexity index is 875. The Morgan fingerprint density at radius 1 is 0.967 bits per heavy atom. The maximum absolute atomic E-state index is 10.9. The number of anilines is 1. The summed E-state index contributed by atoms with van der Waals surface area (Å²) in [5.41, 5.74) is 1.37. The zero-order valence-electron chi connectivity index (χ0n) is 17.6. The van der Waals surface area contributed by atoms with Crippen molar-refractivity contribution in [3.05, 3.63) is 41.7 Å². The van der Waals surface area contributed by atoms with Gasteiger partial charge in [0.25, 0.3) is 0 Å². The Balaban J connectivity index is 1.20. The molecule has 1 atom stereocenters. The van der Waals surface area contributed by atoms with Crippen LogP contribution in [0.2, 0.25) is 0 Å². The first kappa shape index (κ1) is 19.6. The third-order valence-corrected chi connectivity index (χ3v) is 6.88. The number of aromatic nitrogens is 2. The van der Waals surface area contributed by atoms with E-state index in [1.807, 2.05) is 18.5 Å². The van der Waals surface area contributed by atoms with E-state index in [1.165, 1.54) is 12.0 Å². The molecule has 0 spiro atoms. The van der Waals surface area contributed by atoms with Crippen molar-refractivity contribution in [2.45, 2.75) is 50.7 Å². The smallest absolute Gasteiger partial charge is 0.231 e. The first-order chi connectivity index (χ1) is 14.6. The monoisotopic (exact) mass is 410 g/mol. The van der Waals surface area contributed by atoms with Crippen molar-refractivity contribution in [2.24, 2.45) is 0 Å². The molecule has 1 aromatic carbocycles. The van der Waals surface area contributed by atoms with Crippen LogP contribution in [0.1, 0.15) is 56.2 Å². The number of fused-ring (bicyclic) bond motifs is 1. The van der Waals surface area contributed by atoms with E-state index in [9.17, 15) is 5.11 Å². The zero-order valence-corrected chi connectivity index (χ0v) is 17.6. The van der Waals surface area contributed by atoms with Crippen LogP contribution < -0.4 is 14.4 Å². The Labute approximate surface area is 177 Å². The third kappa shape index (κ3) is 3.72. The molecule has 2 aliphatic heterocycles. The van der Waals surface area contributed by atoms with Crippen molar-refractivity contribution in [2.75, 3.05) is 37.9 Å². The van der Waals surface area contributed by atoms with Crippen LogP contribution in [0, 0.1) is 0 Å². The Kier molecular flexibility index (Phi) is 5.25. The number of ether oxygens (including phenoxy) is 2. The number of hydrogen-bond donors (Lipinski definition) is 1. The summed E-state index contributed by atoms with van der Waals surface area (Å²) in [4.78, 5) is 13.9. The lowest BCUT2D eigenvalue weighted by Crippen LogP contribution is -2.47. The van der Waals surface area contributed by atoms with Gasteiger partial charge in [-0.3, -0.25) is 4.90 Å². The van der Waals surface area contributed by atoms with Gasteiger partial charge in [0, 0.05) is 50.2 Å². The van der Waals surface area contributed by atoms with Crippen molar-refractivity contribution in [1.29, 1.82) is 0 Å². The van der Waals surface area contributed by atoms with Gasteiger partial charge in [0.2, 0.25) is 12.7 Å². The summed E-state index contributed by atoms with van der Waals surface area (Å²) in [6.45, 7) is 6.22. The van der Waals surface area contributed by atoms with Crippen LogP contribution in [-0.2, 0) is 5.60 Å². The highest BCUT2D eigenvalue weighted by molar-refractivity contribution is 5.45. The Morgan fingerprint density at radius 3 is 2.40 bits per heavy atom. The van der Waals surface area contributed by atoms with Crippen LogP contribution in [0.15, 0.2) is 30.6 Å². The van der Waals surface area contributed by atoms with Crippen LogP contribution in [0.5, 0.6) is 11.5 Å². The van der Waals surface area contributed by atoms with Crippen LogP contribution in [0.25, 0.3) is 0 Å². The van der Waals surface area contributed by atoms with Gasteiger partial charge < -0.3 is 19.5 Å². The van der Waals surface area contributed by atoms with E-state index in [0.29, 0.717) is 12.8 Å². The van der Waals surface area contributed by atoms with Crippen LogP contribution in [0.4, 0.5) is 5.95 Å². The molecule has 1 unspecified atom stereocenters. The molecule has 1 aliphatic carbocycles. The number of hydrogen-bond acceptors (Lipinski definition) is 7. The van der Waals surface area contributed by atoms with Crippen molar-refractivity contribution in [1.82, 2.24) is 14.9 Å². The first-order valence-corrected chi connectivity index (χ1v) is 11.1. The van der Waals surface area contributed by atoms with Crippen LogP contribution >= 0.6 is 0 Å². The number of piperazine rings is 1. The van der Waals surface area contributed by atoms with Gasteiger partial charge in [0.05, 0.1) is 5.60 Å². The largest absolute Gasteiger partial charge is 0.454 e. The highest BCUT2D eigenvalue weighted by atomic mass is 16.7. The first-order valence-electron chi connectivity index (χ1n) is 11.1. The summed E-state index contributed by atoms with van der Waals surface area (Å²) in [7, 11) is 0. The molecule has 0 radical (unpaired) electrons. The molecule has 0 amide bonds. The average Bonchev–Trinajstić information content (AvgIpc) is 3.27. The molecule has 2 fully saturated rings. The molecule has 3 aliphatic rings. The molecular weight excluding hydrogens is 380 g/mol. The topological polar surface area (TPSA) is 71.0 Å². The molecule has 160 valence electrons. The van der Waals surface area contributed by atoms with E-state index in [2.05, 4.69) is 38.8 Å². The molecule has 7 heteroatoms. The molecule has 1 saturated carbocycles. The van der Waals surface area contributed by atoms with Crippen molar-refractivity contribution >= 4 is 5.95 Å². The predicted molar refractivity (Wildman–Crippen MR) is 114 cm³/mol. The van der Waals surface area contributed by atoms with Gasteiger partial charge in [0.15, 0.2) is 11.5 Å². The molecule has 0 bridgehead atoms. The van der Waals surface area contributed by atoms with E-state index in [4.69, 9.17) is 9.47 Å². The zero-order chi connectivity index (χ0) is 20.6. The molecule has 1 saturated heterocycles. The van der Waals surface area contributed by atoms with Crippen LogP contribution in [-0.4, -0.2) is 52.9 Å². The van der Waals surface area contributed by atoms with Gasteiger partial charge in [0.1, 0.15) is 0 Å². The minimum Gasteiger partial charge on any atom is -0.454 e. The van der Waals surface area contributed by atoms with Gasteiger partial charge in [-0.1, -0.05) is 25.3 Å². The van der Waals surface area contributed by atoms with E-state index < -0.39 is 5.60 Å². The lowest BCUT2D eigenvalue weighted by Gasteiger charge is -2.38. The van der Waals surface area contributed by atoms with Crippen molar-refractivity contribution in [3.8, 4) is 11.5 Å². The van der Waals surface area contributed by atoms with E-state index in [0.717, 1.165) is 74.9 Å². The SMILES string of the molecule is CC(c1ccc2c(c1)OCO2)N1CCN(c2ncc(C3(O)CCCCC3)cn2)CC1. The van der Waals surface area contributed by atoms with Gasteiger partial charge in [-0.15, -0.1) is 0 Å². The summed E-state index contributed by atoms with van der Waals surface area (Å²) >= 11 is 0. The normalized spacial score (nSPS) is 22.1. The number of benzene rings is 1. The quantitative estimate of drug-likeness (QED) is 0.830. The summed E-state index contributed by atoms with van der Waals surface area (Å²) in [5, 5.41) is 10.9. The Hall–Kier alpha value is -2.38. The lowest BCUT2D eigenvalue weighted by molar-refractivity contribution is -0.00123. The van der Waals surface area contributed by atoms with E-state index in [1.54, 1.807) is 0 Å². The van der Waals surface area contributed by atoms with Gasteiger partial charge in [-0.25, -0.2) is 9.97 Å². The lowest BCUT2D eigenvalue weighted by atomic mass is 9.81. The summed E-state index contributed by atoms with van der Waals surface area (Å²) < 4.78 is 11.0. The molecule has 1 aromatic heterocycles. The molecule has 2 aromatic rings. The fourth-order valence-electron chi connectivity index (χ4n) is 4.84. The highest BCUT2D eigenvalue weighted by Gasteiger charge is 2.32. The number of aliphatic hydroxyl groups is 1. The second-order valence-electron chi connectivity index (χ2n) is 8.68. The van der Waals surface area contributed by atoms with E-state index >= 15 is 0 Å². The summed E-state index contributed by atoms with van der Waals surface area (Å²) in [5.74, 6) is 2.42.